The van der Waals surface area contributed by atoms with Gasteiger partial charge in [-0.3, -0.25) is 4.90 Å². The van der Waals surface area contributed by atoms with E-state index in [0.717, 1.165) is 20.5 Å². The molecule has 0 amide bonds. The maximum absolute atomic E-state index is 10.4. The molecule has 0 bridgehead atoms. The van der Waals surface area contributed by atoms with E-state index < -0.39 is 6.10 Å². The average Bonchev–Trinajstić information content (AvgIpc) is 3.02. The predicted octanol–water partition coefficient (Wildman–Crippen LogP) is 3.66. The summed E-state index contributed by atoms with van der Waals surface area (Å²) in [4.78, 5) is 2.08. The van der Waals surface area contributed by atoms with Crippen LogP contribution in [-0.2, 0) is 13.0 Å². The molecule has 0 aliphatic heterocycles. The standard InChI is InChI=1S/C14H15Cl2N3OS2/c1-19(6-12-17-18-14(21-2)22-12)13-9-3-7(15)4-10(16)8(9)5-11(13)20/h3-4,11,13,20H,5-6H2,1-2H3/t11-,13-/m0/s1. The first-order valence-electron chi connectivity index (χ1n) is 6.72. The Bertz CT molecular complexity index is 695. The number of fused-ring (bicyclic) bond motifs is 1. The second kappa shape index (κ2) is 6.63. The highest BCUT2D eigenvalue weighted by Crippen LogP contribution is 2.41. The predicted molar refractivity (Wildman–Crippen MR) is 92.1 cm³/mol. The van der Waals surface area contributed by atoms with Gasteiger partial charge in [0.25, 0.3) is 0 Å². The van der Waals surface area contributed by atoms with Crippen LogP contribution in [0.1, 0.15) is 22.2 Å². The Morgan fingerprint density at radius 3 is 2.86 bits per heavy atom. The molecule has 1 aromatic heterocycles. The Kier molecular flexibility index (Phi) is 4.97. The van der Waals surface area contributed by atoms with E-state index in [4.69, 9.17) is 23.2 Å². The number of nitrogens with zero attached hydrogens (tertiary/aromatic N) is 3. The van der Waals surface area contributed by atoms with Crippen LogP contribution in [0.3, 0.4) is 0 Å². The van der Waals surface area contributed by atoms with E-state index in [9.17, 15) is 5.11 Å². The van der Waals surface area contributed by atoms with E-state index in [1.165, 1.54) is 0 Å². The Morgan fingerprint density at radius 2 is 2.18 bits per heavy atom. The molecule has 4 nitrogen and oxygen atoms in total. The summed E-state index contributed by atoms with van der Waals surface area (Å²) in [6, 6.07) is 3.49. The first-order chi connectivity index (χ1) is 10.5. The number of benzene rings is 1. The van der Waals surface area contributed by atoms with Crippen LogP contribution in [0.15, 0.2) is 16.5 Å². The van der Waals surface area contributed by atoms with E-state index in [1.54, 1.807) is 29.2 Å². The summed E-state index contributed by atoms with van der Waals surface area (Å²) in [5.41, 5.74) is 1.99. The van der Waals surface area contributed by atoms with E-state index in [1.807, 2.05) is 19.4 Å². The number of likely N-dealkylation sites (N-methyl/N-ethyl adjacent to an activating group) is 1. The summed E-state index contributed by atoms with van der Waals surface area (Å²) in [6.45, 7) is 0.628. The molecule has 3 rings (SSSR count). The van der Waals surface area contributed by atoms with Crippen LogP contribution < -0.4 is 0 Å². The number of aliphatic hydroxyl groups is 1. The van der Waals surface area contributed by atoms with Gasteiger partial charge >= 0.3 is 0 Å². The molecule has 2 atom stereocenters. The zero-order valence-electron chi connectivity index (χ0n) is 12.1. The van der Waals surface area contributed by atoms with Crippen molar-refractivity contribution < 1.29 is 5.11 Å². The topological polar surface area (TPSA) is 49.2 Å². The molecule has 0 fully saturated rings. The van der Waals surface area contributed by atoms with Gasteiger partial charge in [-0.25, -0.2) is 0 Å². The molecule has 0 unspecified atom stereocenters. The first-order valence-corrected chi connectivity index (χ1v) is 9.51. The van der Waals surface area contributed by atoms with Crippen molar-refractivity contribution in [2.24, 2.45) is 0 Å². The molecule has 0 saturated heterocycles. The summed E-state index contributed by atoms with van der Waals surface area (Å²) in [6.07, 6.45) is 2.03. The van der Waals surface area contributed by atoms with Crippen molar-refractivity contribution >= 4 is 46.3 Å². The monoisotopic (exact) mass is 375 g/mol. The van der Waals surface area contributed by atoms with Crippen molar-refractivity contribution in [2.75, 3.05) is 13.3 Å². The van der Waals surface area contributed by atoms with Gasteiger partial charge in [-0.15, -0.1) is 10.2 Å². The normalized spacial score (nSPS) is 20.6. The summed E-state index contributed by atoms with van der Waals surface area (Å²) < 4.78 is 0.946. The molecule has 1 aliphatic rings. The number of aromatic nitrogens is 2. The number of thioether (sulfide) groups is 1. The summed E-state index contributed by atoms with van der Waals surface area (Å²) in [5.74, 6) is 0. The van der Waals surface area contributed by atoms with Gasteiger partial charge in [0.1, 0.15) is 5.01 Å². The SMILES string of the molecule is CSc1nnc(CN(C)[C@H]2c3cc(Cl)cc(Cl)c3C[C@@H]2O)s1. The fourth-order valence-electron chi connectivity index (χ4n) is 2.86. The van der Waals surface area contributed by atoms with Gasteiger partial charge in [0.15, 0.2) is 4.34 Å². The average molecular weight is 376 g/mol. The second-order valence-electron chi connectivity index (χ2n) is 5.25. The Hall–Kier alpha value is -0.370. The van der Waals surface area contributed by atoms with Gasteiger partial charge in [0.2, 0.25) is 0 Å². The highest BCUT2D eigenvalue weighted by atomic mass is 35.5. The number of halogens is 2. The third-order valence-electron chi connectivity index (χ3n) is 3.77. The molecule has 8 heteroatoms. The van der Waals surface area contributed by atoms with Crippen LogP contribution in [-0.4, -0.2) is 39.6 Å². The molecule has 0 radical (unpaired) electrons. The van der Waals surface area contributed by atoms with Crippen molar-refractivity contribution in [3.63, 3.8) is 0 Å². The van der Waals surface area contributed by atoms with Gasteiger partial charge in [0.05, 0.1) is 18.7 Å². The quantitative estimate of drug-likeness (QED) is 0.826. The zero-order chi connectivity index (χ0) is 15.9. The molecule has 1 heterocycles. The fraction of sp³-hybridized carbons (Fsp3) is 0.429. The maximum Gasteiger partial charge on any atom is 0.174 e. The molecule has 2 aromatic rings. The molecule has 118 valence electrons. The Labute approximate surface area is 147 Å². The number of rotatable bonds is 4. The number of hydrogen-bond donors (Lipinski definition) is 1. The van der Waals surface area contributed by atoms with Crippen molar-refractivity contribution in [2.45, 2.75) is 29.5 Å². The van der Waals surface area contributed by atoms with E-state index in [-0.39, 0.29) is 6.04 Å². The lowest BCUT2D eigenvalue weighted by Crippen LogP contribution is -2.30. The number of hydrogen-bond acceptors (Lipinski definition) is 6. The molecule has 1 N–H and O–H groups in total. The Balaban J connectivity index is 1.85. The van der Waals surface area contributed by atoms with E-state index in [0.29, 0.717) is 23.0 Å². The molecule has 22 heavy (non-hydrogen) atoms. The van der Waals surface area contributed by atoms with Crippen LogP contribution in [0.5, 0.6) is 0 Å². The lowest BCUT2D eigenvalue weighted by atomic mass is 10.1. The minimum Gasteiger partial charge on any atom is -0.391 e. The third kappa shape index (κ3) is 3.13. The summed E-state index contributed by atoms with van der Waals surface area (Å²) in [7, 11) is 1.97. The van der Waals surface area contributed by atoms with Crippen LogP contribution in [0.2, 0.25) is 10.0 Å². The molecule has 0 spiro atoms. The third-order valence-corrected chi connectivity index (χ3v) is 6.21. The van der Waals surface area contributed by atoms with Crippen LogP contribution in [0, 0.1) is 0 Å². The molecule has 1 aromatic carbocycles. The minimum absolute atomic E-state index is 0.132. The second-order valence-corrected chi connectivity index (χ2v) is 8.21. The van der Waals surface area contributed by atoms with Crippen molar-refractivity contribution in [1.29, 1.82) is 0 Å². The summed E-state index contributed by atoms with van der Waals surface area (Å²) in [5, 5.41) is 20.9. The van der Waals surface area contributed by atoms with Crippen molar-refractivity contribution in [3.05, 3.63) is 38.3 Å². The van der Waals surface area contributed by atoms with Crippen LogP contribution in [0.25, 0.3) is 0 Å². The lowest BCUT2D eigenvalue weighted by Gasteiger charge is -2.27. The minimum atomic E-state index is -0.496. The van der Waals surface area contributed by atoms with Gasteiger partial charge < -0.3 is 5.11 Å². The largest absolute Gasteiger partial charge is 0.391 e. The fourth-order valence-corrected chi connectivity index (χ4v) is 4.82. The van der Waals surface area contributed by atoms with Gasteiger partial charge in [0, 0.05) is 16.5 Å². The molecule has 0 saturated carbocycles. The maximum atomic E-state index is 10.4. The van der Waals surface area contributed by atoms with Crippen LogP contribution >= 0.6 is 46.3 Å². The van der Waals surface area contributed by atoms with Gasteiger partial charge in [-0.05, 0) is 36.6 Å². The highest BCUT2D eigenvalue weighted by molar-refractivity contribution is 8.00. The molecule has 1 aliphatic carbocycles. The van der Waals surface area contributed by atoms with Crippen molar-refractivity contribution in [1.82, 2.24) is 15.1 Å². The summed E-state index contributed by atoms with van der Waals surface area (Å²) >= 11 is 15.5. The van der Waals surface area contributed by atoms with Crippen molar-refractivity contribution in [3.8, 4) is 0 Å². The zero-order valence-corrected chi connectivity index (χ0v) is 15.2. The van der Waals surface area contributed by atoms with E-state index >= 15 is 0 Å². The van der Waals surface area contributed by atoms with Gasteiger partial charge in [-0.1, -0.05) is 46.3 Å². The van der Waals surface area contributed by atoms with E-state index in [2.05, 4.69) is 15.1 Å². The number of aliphatic hydroxyl groups excluding tert-OH is 1. The highest BCUT2D eigenvalue weighted by Gasteiger charge is 2.36. The van der Waals surface area contributed by atoms with Crippen LogP contribution in [0.4, 0.5) is 0 Å². The lowest BCUT2D eigenvalue weighted by molar-refractivity contribution is 0.0723. The van der Waals surface area contributed by atoms with Gasteiger partial charge in [-0.2, -0.15) is 0 Å². The molecular formula is C14H15Cl2N3OS2. The first kappa shape index (κ1) is 16.5. The Morgan fingerprint density at radius 1 is 1.41 bits per heavy atom. The molecular weight excluding hydrogens is 361 g/mol. The smallest absolute Gasteiger partial charge is 0.174 e.